The molecule has 0 unspecified atom stereocenters. The number of fused-ring (bicyclic) bond motifs is 6. The molecule has 0 radical (unpaired) electrons. The summed E-state index contributed by atoms with van der Waals surface area (Å²) in [6.45, 7) is 0. The Morgan fingerprint density at radius 3 is 1.76 bits per heavy atom. The second-order valence-electron chi connectivity index (χ2n) is 11.6. The first-order chi connectivity index (χ1) is 22.8. The Morgan fingerprint density at radius 1 is 0.413 bits per heavy atom. The van der Waals surface area contributed by atoms with E-state index in [0.717, 1.165) is 39.1 Å². The first kappa shape index (κ1) is 26.2. The molecule has 0 atom stereocenters. The summed E-state index contributed by atoms with van der Waals surface area (Å²) in [6, 6.07) is 57.8. The van der Waals surface area contributed by atoms with Crippen LogP contribution in [0.15, 0.2) is 174 Å². The van der Waals surface area contributed by atoms with Crippen molar-refractivity contribution in [2.24, 2.45) is 0 Å². The van der Waals surface area contributed by atoms with Crippen molar-refractivity contribution in [2.75, 3.05) is 4.90 Å². The second kappa shape index (κ2) is 10.8. The summed E-state index contributed by atoms with van der Waals surface area (Å²) in [4.78, 5) is 7.15. The van der Waals surface area contributed by atoms with Crippen molar-refractivity contribution in [3.8, 4) is 22.3 Å². The van der Waals surface area contributed by atoms with E-state index in [1.807, 2.05) is 30.5 Å². The molecule has 0 aliphatic carbocycles. The van der Waals surface area contributed by atoms with Crippen LogP contribution in [0, 0.1) is 0 Å². The topological polar surface area (TPSA) is 29.3 Å². The summed E-state index contributed by atoms with van der Waals surface area (Å²) in [5, 5.41) is 6.06. The minimum absolute atomic E-state index is 0.767. The molecule has 0 bridgehead atoms. The van der Waals surface area contributed by atoms with Crippen molar-refractivity contribution in [1.29, 1.82) is 0 Å². The number of hydrogen-bond acceptors (Lipinski definition) is 3. The van der Waals surface area contributed by atoms with Crippen LogP contribution in [0.25, 0.3) is 65.9 Å². The van der Waals surface area contributed by atoms with Crippen molar-refractivity contribution in [3.05, 3.63) is 170 Å². The average molecular weight is 589 g/mol. The molecule has 0 saturated heterocycles. The molecule has 46 heavy (non-hydrogen) atoms. The zero-order valence-electron chi connectivity index (χ0n) is 25.0. The van der Waals surface area contributed by atoms with Crippen LogP contribution < -0.4 is 4.90 Å². The van der Waals surface area contributed by atoms with Crippen molar-refractivity contribution in [1.82, 2.24) is 4.98 Å². The molecule has 0 fully saturated rings. The van der Waals surface area contributed by atoms with Gasteiger partial charge in [-0.1, -0.05) is 115 Å². The van der Waals surface area contributed by atoms with E-state index in [2.05, 4.69) is 144 Å². The average Bonchev–Trinajstić information content (AvgIpc) is 3.50. The number of hydrogen-bond donors (Lipinski definition) is 0. The van der Waals surface area contributed by atoms with E-state index in [1.165, 1.54) is 43.8 Å². The maximum atomic E-state index is 6.26. The molecule has 0 saturated carbocycles. The lowest BCUT2D eigenvalue weighted by Gasteiger charge is -2.25. The van der Waals surface area contributed by atoms with Gasteiger partial charge in [-0.2, -0.15) is 0 Å². The number of pyridine rings is 1. The number of furan rings is 1. The predicted molar refractivity (Wildman–Crippen MR) is 192 cm³/mol. The molecule has 7 aromatic carbocycles. The summed E-state index contributed by atoms with van der Waals surface area (Å²) in [5.74, 6) is 0. The Morgan fingerprint density at radius 2 is 1.00 bits per heavy atom. The molecule has 0 amide bonds. The lowest BCUT2D eigenvalue weighted by Crippen LogP contribution is -2.10. The highest BCUT2D eigenvalue weighted by Crippen LogP contribution is 2.40. The van der Waals surface area contributed by atoms with Gasteiger partial charge in [0.25, 0.3) is 0 Å². The maximum absolute atomic E-state index is 6.26. The predicted octanol–water partition coefficient (Wildman–Crippen LogP) is 12.1. The Kier molecular flexibility index (Phi) is 6.14. The molecule has 0 spiro atoms. The maximum Gasteiger partial charge on any atom is 0.155 e. The third-order valence-corrected chi connectivity index (χ3v) is 8.90. The quantitative estimate of drug-likeness (QED) is 0.187. The number of rotatable bonds is 5. The molecule has 216 valence electrons. The van der Waals surface area contributed by atoms with Gasteiger partial charge in [0.05, 0.1) is 11.9 Å². The number of aromatic nitrogens is 1. The summed E-state index contributed by atoms with van der Waals surface area (Å²) in [6.07, 6.45) is 1.94. The fraction of sp³-hybridized carbons (Fsp3) is 0. The number of anilines is 3. The van der Waals surface area contributed by atoms with Crippen molar-refractivity contribution >= 4 is 60.7 Å². The first-order valence-corrected chi connectivity index (χ1v) is 15.5. The van der Waals surface area contributed by atoms with Crippen LogP contribution in [-0.4, -0.2) is 4.98 Å². The highest BCUT2D eigenvalue weighted by Gasteiger charge is 2.17. The molecule has 9 aromatic rings. The van der Waals surface area contributed by atoms with Crippen LogP contribution in [0.4, 0.5) is 17.1 Å². The Hall–Kier alpha value is -6.19. The molecular formula is C43H28N2O. The number of para-hydroxylation sites is 1. The van der Waals surface area contributed by atoms with Crippen LogP contribution in [0.5, 0.6) is 0 Å². The van der Waals surface area contributed by atoms with Gasteiger partial charge in [-0.15, -0.1) is 0 Å². The SMILES string of the molecule is c1ccc(-c2ccc(N(c3ccc(-c4cc5ccccc5c5ccccc45)cc3)c3cnc4c(c3)oc3ccccc34)cc2)cc1. The monoisotopic (exact) mass is 588 g/mol. The molecule has 0 aliphatic heterocycles. The molecule has 0 aliphatic rings. The lowest BCUT2D eigenvalue weighted by molar-refractivity contribution is 0.668. The Bertz CT molecular complexity index is 2510. The van der Waals surface area contributed by atoms with Gasteiger partial charge < -0.3 is 9.32 Å². The summed E-state index contributed by atoms with van der Waals surface area (Å²) in [7, 11) is 0. The van der Waals surface area contributed by atoms with Gasteiger partial charge in [-0.25, -0.2) is 4.98 Å². The van der Waals surface area contributed by atoms with Crippen LogP contribution in [0.2, 0.25) is 0 Å². The van der Waals surface area contributed by atoms with Crippen LogP contribution in [0.3, 0.4) is 0 Å². The van der Waals surface area contributed by atoms with E-state index in [1.54, 1.807) is 0 Å². The Balaban J connectivity index is 1.18. The molecule has 2 heterocycles. The smallest absolute Gasteiger partial charge is 0.155 e. The lowest BCUT2D eigenvalue weighted by atomic mass is 9.93. The fourth-order valence-electron chi connectivity index (χ4n) is 6.67. The zero-order chi connectivity index (χ0) is 30.5. The summed E-state index contributed by atoms with van der Waals surface area (Å²) in [5.41, 5.74) is 10.3. The highest BCUT2D eigenvalue weighted by atomic mass is 16.3. The van der Waals surface area contributed by atoms with Crippen molar-refractivity contribution in [2.45, 2.75) is 0 Å². The van der Waals surface area contributed by atoms with E-state index in [-0.39, 0.29) is 0 Å². The van der Waals surface area contributed by atoms with Gasteiger partial charge in [0.15, 0.2) is 5.58 Å². The zero-order valence-corrected chi connectivity index (χ0v) is 25.0. The van der Waals surface area contributed by atoms with Crippen molar-refractivity contribution < 1.29 is 4.42 Å². The molecule has 3 heteroatoms. The molecule has 0 N–H and O–H groups in total. The van der Waals surface area contributed by atoms with E-state index in [9.17, 15) is 0 Å². The minimum atomic E-state index is 0.767. The minimum Gasteiger partial charge on any atom is -0.454 e. The molecule has 9 rings (SSSR count). The third kappa shape index (κ3) is 4.41. The largest absolute Gasteiger partial charge is 0.454 e. The van der Waals surface area contributed by atoms with Gasteiger partial charge in [-0.3, -0.25) is 0 Å². The first-order valence-electron chi connectivity index (χ1n) is 15.5. The number of nitrogens with zero attached hydrogens (tertiary/aromatic N) is 2. The van der Waals surface area contributed by atoms with Crippen molar-refractivity contribution in [3.63, 3.8) is 0 Å². The van der Waals surface area contributed by atoms with Gasteiger partial charge in [0.2, 0.25) is 0 Å². The molecule has 2 aromatic heterocycles. The second-order valence-corrected chi connectivity index (χ2v) is 11.6. The third-order valence-electron chi connectivity index (χ3n) is 8.90. The van der Waals surface area contributed by atoms with E-state index < -0.39 is 0 Å². The fourth-order valence-corrected chi connectivity index (χ4v) is 6.67. The summed E-state index contributed by atoms with van der Waals surface area (Å²) < 4.78 is 6.26. The van der Waals surface area contributed by atoms with Gasteiger partial charge in [0, 0.05) is 22.8 Å². The van der Waals surface area contributed by atoms with Crippen LogP contribution in [0.1, 0.15) is 0 Å². The van der Waals surface area contributed by atoms with Gasteiger partial charge >= 0.3 is 0 Å². The Labute approximate surface area is 266 Å². The highest BCUT2D eigenvalue weighted by molar-refractivity contribution is 6.13. The standard InChI is InChI=1S/C43H28N2O/c1-2-10-29(11-3-1)30-18-22-33(23-19-30)45(35-27-42-43(44-28-35)39-16-8-9-17-41(39)46-42)34-24-20-31(21-25-34)40-26-32-12-4-5-13-36(32)37-14-6-7-15-38(37)40/h1-28H. The molecule has 3 nitrogen and oxygen atoms in total. The normalized spacial score (nSPS) is 11.5. The van der Waals surface area contributed by atoms with E-state index >= 15 is 0 Å². The van der Waals surface area contributed by atoms with Gasteiger partial charge in [0.1, 0.15) is 11.1 Å². The van der Waals surface area contributed by atoms with E-state index in [0.29, 0.717) is 0 Å². The van der Waals surface area contributed by atoms with Crippen LogP contribution >= 0.6 is 0 Å². The van der Waals surface area contributed by atoms with E-state index in [4.69, 9.17) is 9.40 Å². The van der Waals surface area contributed by atoms with Crippen LogP contribution in [-0.2, 0) is 0 Å². The summed E-state index contributed by atoms with van der Waals surface area (Å²) >= 11 is 0. The molecular weight excluding hydrogens is 560 g/mol. The van der Waals surface area contributed by atoms with Gasteiger partial charge in [-0.05, 0) is 86.3 Å². The number of benzene rings is 7.